The van der Waals surface area contributed by atoms with Crippen LogP contribution in [0.4, 0.5) is 4.39 Å². The van der Waals surface area contributed by atoms with Crippen molar-refractivity contribution in [1.29, 1.82) is 0 Å². The lowest BCUT2D eigenvalue weighted by Gasteiger charge is -2.41. The van der Waals surface area contributed by atoms with Crippen molar-refractivity contribution in [3.05, 3.63) is 35.9 Å². The van der Waals surface area contributed by atoms with Crippen LogP contribution in [0.2, 0.25) is 0 Å². The highest BCUT2D eigenvalue weighted by atomic mass is 19.1. The highest BCUT2D eigenvalue weighted by Gasteiger charge is 2.49. The Balaban J connectivity index is 2.08. The molecule has 0 aliphatic carbocycles. The molecule has 1 aliphatic rings. The molecule has 5 atom stereocenters. The molecule has 24 heavy (non-hydrogen) atoms. The predicted octanol–water partition coefficient (Wildman–Crippen LogP) is 2.15. The number of ether oxygens (including phenoxy) is 4. The van der Waals surface area contributed by atoms with Gasteiger partial charge < -0.3 is 18.9 Å². The zero-order valence-electron chi connectivity index (χ0n) is 13.8. The molecule has 2 rings (SSSR count). The topological polar surface area (TPSA) is 71.1 Å². The van der Waals surface area contributed by atoms with E-state index in [2.05, 4.69) is 0 Å². The maximum absolute atomic E-state index is 14.7. The Kier molecular flexibility index (Phi) is 6.28. The molecule has 0 spiro atoms. The second-order valence-corrected chi connectivity index (χ2v) is 5.60. The molecule has 0 unspecified atom stereocenters. The minimum absolute atomic E-state index is 0.143. The quantitative estimate of drug-likeness (QED) is 0.765. The van der Waals surface area contributed by atoms with Gasteiger partial charge in [-0.3, -0.25) is 9.59 Å². The lowest BCUT2D eigenvalue weighted by Crippen LogP contribution is -2.58. The molecular formula is C17H21FO6. The molecule has 1 fully saturated rings. The third-order valence-electron chi connectivity index (χ3n) is 3.57. The van der Waals surface area contributed by atoms with E-state index >= 15 is 0 Å². The summed E-state index contributed by atoms with van der Waals surface area (Å²) in [5, 5.41) is 0. The van der Waals surface area contributed by atoms with Crippen molar-refractivity contribution in [2.24, 2.45) is 0 Å². The van der Waals surface area contributed by atoms with Crippen molar-refractivity contribution in [2.45, 2.75) is 58.2 Å². The number of benzene rings is 1. The van der Waals surface area contributed by atoms with Crippen molar-refractivity contribution >= 4 is 11.9 Å². The van der Waals surface area contributed by atoms with Gasteiger partial charge in [-0.1, -0.05) is 30.3 Å². The normalized spacial score (nSPS) is 29.8. The van der Waals surface area contributed by atoms with Crippen molar-refractivity contribution < 1.29 is 32.9 Å². The monoisotopic (exact) mass is 340 g/mol. The van der Waals surface area contributed by atoms with Crippen LogP contribution in [0, 0.1) is 0 Å². The van der Waals surface area contributed by atoms with Gasteiger partial charge in [0.25, 0.3) is 0 Å². The van der Waals surface area contributed by atoms with E-state index in [4.69, 9.17) is 18.9 Å². The second kappa shape index (κ2) is 8.21. The van der Waals surface area contributed by atoms with Crippen LogP contribution in [-0.4, -0.2) is 42.7 Å². The summed E-state index contributed by atoms with van der Waals surface area (Å²) < 4.78 is 35.8. The van der Waals surface area contributed by atoms with E-state index in [1.54, 1.807) is 6.92 Å². The summed E-state index contributed by atoms with van der Waals surface area (Å²) in [4.78, 5) is 22.5. The fourth-order valence-electron chi connectivity index (χ4n) is 2.53. The molecule has 1 saturated heterocycles. The molecule has 0 amide bonds. The first-order chi connectivity index (χ1) is 11.4. The number of hydrogen-bond donors (Lipinski definition) is 0. The Morgan fingerprint density at radius 1 is 1.08 bits per heavy atom. The lowest BCUT2D eigenvalue weighted by atomic mass is 10.00. The summed E-state index contributed by atoms with van der Waals surface area (Å²) in [7, 11) is 0. The smallest absolute Gasteiger partial charge is 0.303 e. The van der Waals surface area contributed by atoms with E-state index in [1.165, 1.54) is 6.92 Å². The van der Waals surface area contributed by atoms with Crippen LogP contribution >= 0.6 is 0 Å². The largest absolute Gasteiger partial charge is 0.456 e. The molecule has 132 valence electrons. The summed E-state index contributed by atoms with van der Waals surface area (Å²) in [5.41, 5.74) is 0.854. The summed E-state index contributed by atoms with van der Waals surface area (Å²) in [5.74, 6) is -1.28. The Labute approximate surface area is 139 Å². The van der Waals surface area contributed by atoms with Gasteiger partial charge >= 0.3 is 11.9 Å². The number of hydrogen-bond acceptors (Lipinski definition) is 6. The van der Waals surface area contributed by atoms with Crippen LogP contribution in [0.1, 0.15) is 26.3 Å². The Morgan fingerprint density at radius 3 is 2.25 bits per heavy atom. The van der Waals surface area contributed by atoms with Gasteiger partial charge in [0.1, 0.15) is 0 Å². The minimum Gasteiger partial charge on any atom is -0.456 e. The van der Waals surface area contributed by atoms with Gasteiger partial charge in [0.2, 0.25) is 0 Å². The van der Waals surface area contributed by atoms with Gasteiger partial charge in [-0.2, -0.15) is 0 Å². The number of carbonyl (C=O) groups excluding carboxylic acids is 2. The average Bonchev–Trinajstić information content (AvgIpc) is 2.53. The maximum atomic E-state index is 14.7. The molecule has 7 heteroatoms. The molecule has 0 N–H and O–H groups in total. The lowest BCUT2D eigenvalue weighted by molar-refractivity contribution is -0.286. The van der Waals surface area contributed by atoms with E-state index in [9.17, 15) is 14.0 Å². The van der Waals surface area contributed by atoms with E-state index < -0.39 is 42.7 Å². The number of alkyl halides is 1. The standard InChI is InChI=1S/C17H21FO6/c1-10-15(23-11(2)19)16(24-12(3)20)14(18)17(22-10)21-9-13-7-5-4-6-8-13/h4-8,10,14-17H,9H2,1-3H3/t10-,14-,15+,16-,17+/m1/s1. The van der Waals surface area contributed by atoms with Crippen LogP contribution in [0.3, 0.4) is 0 Å². The molecule has 1 aromatic rings. The van der Waals surface area contributed by atoms with Gasteiger partial charge in [-0.15, -0.1) is 0 Å². The number of esters is 2. The van der Waals surface area contributed by atoms with Crippen LogP contribution in [-0.2, 0) is 35.1 Å². The number of rotatable bonds is 5. The third kappa shape index (κ3) is 4.75. The third-order valence-corrected chi connectivity index (χ3v) is 3.57. The van der Waals surface area contributed by atoms with Crippen LogP contribution in [0.15, 0.2) is 30.3 Å². The van der Waals surface area contributed by atoms with Crippen LogP contribution in [0.25, 0.3) is 0 Å². The van der Waals surface area contributed by atoms with E-state index in [0.717, 1.165) is 12.5 Å². The van der Waals surface area contributed by atoms with Gasteiger partial charge in [0.15, 0.2) is 24.7 Å². The van der Waals surface area contributed by atoms with Crippen molar-refractivity contribution in [3.8, 4) is 0 Å². The van der Waals surface area contributed by atoms with Crippen molar-refractivity contribution in [3.63, 3.8) is 0 Å². The van der Waals surface area contributed by atoms with Gasteiger partial charge in [-0.05, 0) is 12.5 Å². The number of carbonyl (C=O) groups is 2. The molecule has 0 bridgehead atoms. The van der Waals surface area contributed by atoms with E-state index in [1.807, 2.05) is 30.3 Å². The summed E-state index contributed by atoms with van der Waals surface area (Å²) >= 11 is 0. The maximum Gasteiger partial charge on any atom is 0.303 e. The zero-order chi connectivity index (χ0) is 17.7. The molecule has 0 saturated carbocycles. The Bertz CT molecular complexity index is 563. The molecule has 0 radical (unpaired) electrons. The van der Waals surface area contributed by atoms with Crippen LogP contribution < -0.4 is 0 Å². The van der Waals surface area contributed by atoms with Gasteiger partial charge in [0.05, 0.1) is 12.7 Å². The highest BCUT2D eigenvalue weighted by Crippen LogP contribution is 2.29. The van der Waals surface area contributed by atoms with Crippen LogP contribution in [0.5, 0.6) is 0 Å². The highest BCUT2D eigenvalue weighted by molar-refractivity contribution is 5.67. The first kappa shape index (κ1) is 18.4. The molecule has 0 aromatic heterocycles. The molecule has 6 nitrogen and oxygen atoms in total. The fourth-order valence-corrected chi connectivity index (χ4v) is 2.53. The second-order valence-electron chi connectivity index (χ2n) is 5.60. The average molecular weight is 340 g/mol. The number of halogens is 1. The minimum atomic E-state index is -1.78. The summed E-state index contributed by atoms with van der Waals surface area (Å²) in [6, 6.07) is 9.22. The summed E-state index contributed by atoms with van der Waals surface area (Å²) in [6.45, 7) is 4.11. The first-order valence-corrected chi connectivity index (χ1v) is 7.68. The Morgan fingerprint density at radius 2 is 1.67 bits per heavy atom. The van der Waals surface area contributed by atoms with Crippen molar-refractivity contribution in [2.75, 3.05) is 0 Å². The van der Waals surface area contributed by atoms with E-state index in [0.29, 0.717) is 0 Å². The molecule has 1 heterocycles. The first-order valence-electron chi connectivity index (χ1n) is 7.68. The van der Waals surface area contributed by atoms with E-state index in [-0.39, 0.29) is 6.61 Å². The molecule has 1 aliphatic heterocycles. The van der Waals surface area contributed by atoms with Gasteiger partial charge in [0, 0.05) is 13.8 Å². The zero-order valence-corrected chi connectivity index (χ0v) is 13.8. The van der Waals surface area contributed by atoms with Crippen molar-refractivity contribution in [1.82, 2.24) is 0 Å². The predicted molar refractivity (Wildman–Crippen MR) is 81.6 cm³/mol. The SMILES string of the molecule is CC(=O)O[C@@H]1[C@@H](F)[C@@H](OCc2ccccc2)O[C@H](C)[C@@H]1OC(C)=O. The fraction of sp³-hybridized carbons (Fsp3) is 0.529. The molecular weight excluding hydrogens is 319 g/mol. The molecule has 1 aromatic carbocycles. The summed E-state index contributed by atoms with van der Waals surface area (Å²) in [6.07, 6.45) is -6.01. The van der Waals surface area contributed by atoms with Gasteiger partial charge in [-0.25, -0.2) is 4.39 Å². The Hall–Kier alpha value is -1.99.